The van der Waals surface area contributed by atoms with Gasteiger partial charge in [-0.1, -0.05) is 40.2 Å². The number of methoxy groups -OCH3 is 1. The zero-order valence-electron chi connectivity index (χ0n) is 14.5. The van der Waals surface area contributed by atoms with E-state index in [1.54, 1.807) is 18.4 Å². The van der Waals surface area contributed by atoms with Crippen LogP contribution in [0, 0.1) is 0 Å². The average Bonchev–Trinajstić information content (AvgIpc) is 3.19. The molecule has 0 radical (unpaired) electrons. The van der Waals surface area contributed by atoms with Crippen molar-refractivity contribution in [2.75, 3.05) is 7.11 Å². The molecule has 1 heterocycles. The molecule has 0 aliphatic rings. The fraction of sp³-hybridized carbons (Fsp3) is 0.190. The number of carbonyl (C=O) groups is 1. The first-order valence-electron chi connectivity index (χ1n) is 8.37. The maximum Gasteiger partial charge on any atom is 0.220 e. The molecule has 5 heteroatoms. The highest BCUT2D eigenvalue weighted by Crippen LogP contribution is 2.26. The highest BCUT2D eigenvalue weighted by atomic mass is 79.9. The number of hydrogen-bond donors (Lipinski definition) is 1. The van der Waals surface area contributed by atoms with Gasteiger partial charge in [0.15, 0.2) is 0 Å². The molecule has 0 fully saturated rings. The van der Waals surface area contributed by atoms with Crippen LogP contribution in [0.4, 0.5) is 0 Å². The number of aryl methyl sites for hydroxylation is 1. The molecule has 3 aromatic rings. The van der Waals surface area contributed by atoms with Crippen molar-refractivity contribution in [2.24, 2.45) is 0 Å². The van der Waals surface area contributed by atoms with E-state index < -0.39 is 0 Å². The first-order chi connectivity index (χ1) is 12.7. The van der Waals surface area contributed by atoms with Gasteiger partial charge in [0.05, 0.1) is 7.11 Å². The second-order valence-electron chi connectivity index (χ2n) is 5.90. The van der Waals surface area contributed by atoms with Gasteiger partial charge in [0.25, 0.3) is 0 Å². The lowest BCUT2D eigenvalue weighted by Gasteiger charge is -2.11. The highest BCUT2D eigenvalue weighted by Gasteiger charge is 2.09. The monoisotopic (exact) mass is 429 g/mol. The molecule has 2 aromatic carbocycles. The third-order valence-electron chi connectivity index (χ3n) is 4.19. The molecule has 0 atom stereocenters. The van der Waals surface area contributed by atoms with E-state index in [4.69, 9.17) is 4.74 Å². The van der Waals surface area contributed by atoms with Crippen LogP contribution in [0.5, 0.6) is 5.75 Å². The largest absolute Gasteiger partial charge is 0.496 e. The number of rotatable bonds is 7. The predicted molar refractivity (Wildman–Crippen MR) is 111 cm³/mol. The average molecular weight is 430 g/mol. The standard InChI is InChI=1S/C21H20BrNO2S/c1-25-20-8-7-18(22)12-15(20)6-9-21(24)23-13-16-4-2-3-5-19(16)17-10-11-26-14-17/h2-5,7-8,10-12,14H,6,9,13H2,1H3,(H,23,24). The second kappa shape index (κ2) is 9.01. The summed E-state index contributed by atoms with van der Waals surface area (Å²) in [6, 6.07) is 16.1. The lowest BCUT2D eigenvalue weighted by Crippen LogP contribution is -2.23. The summed E-state index contributed by atoms with van der Waals surface area (Å²) in [6.07, 6.45) is 1.06. The van der Waals surface area contributed by atoms with Gasteiger partial charge in [-0.25, -0.2) is 0 Å². The van der Waals surface area contributed by atoms with Crippen molar-refractivity contribution in [1.29, 1.82) is 0 Å². The van der Waals surface area contributed by atoms with Crippen molar-refractivity contribution in [3.63, 3.8) is 0 Å². The smallest absolute Gasteiger partial charge is 0.220 e. The van der Waals surface area contributed by atoms with Crippen LogP contribution < -0.4 is 10.1 Å². The lowest BCUT2D eigenvalue weighted by molar-refractivity contribution is -0.121. The maximum atomic E-state index is 12.3. The van der Waals surface area contributed by atoms with Crippen LogP contribution in [0.25, 0.3) is 11.1 Å². The molecule has 1 amide bonds. The zero-order chi connectivity index (χ0) is 18.4. The number of nitrogens with one attached hydrogen (secondary N) is 1. The molecule has 0 bridgehead atoms. The van der Waals surface area contributed by atoms with Crippen LogP contribution in [0.2, 0.25) is 0 Å². The van der Waals surface area contributed by atoms with Crippen LogP contribution >= 0.6 is 27.3 Å². The van der Waals surface area contributed by atoms with E-state index in [-0.39, 0.29) is 5.91 Å². The fourth-order valence-corrected chi connectivity index (χ4v) is 3.91. The van der Waals surface area contributed by atoms with Gasteiger partial charge in [0, 0.05) is 17.4 Å². The van der Waals surface area contributed by atoms with E-state index in [0.717, 1.165) is 21.3 Å². The van der Waals surface area contributed by atoms with Crippen LogP contribution in [0.3, 0.4) is 0 Å². The van der Waals surface area contributed by atoms with Gasteiger partial charge < -0.3 is 10.1 Å². The Kier molecular flexibility index (Phi) is 6.47. The molecule has 0 unspecified atom stereocenters. The summed E-state index contributed by atoms with van der Waals surface area (Å²) in [5, 5.41) is 7.23. The summed E-state index contributed by atoms with van der Waals surface area (Å²) in [5.74, 6) is 0.843. The summed E-state index contributed by atoms with van der Waals surface area (Å²) in [7, 11) is 1.65. The zero-order valence-corrected chi connectivity index (χ0v) is 16.9. The molecule has 0 saturated carbocycles. The van der Waals surface area contributed by atoms with E-state index >= 15 is 0 Å². The number of halogens is 1. The molecule has 134 valence electrons. The predicted octanol–water partition coefficient (Wildman–Crippen LogP) is 5.44. The topological polar surface area (TPSA) is 38.3 Å². The molecular formula is C21H20BrNO2S. The molecule has 1 aromatic heterocycles. The van der Waals surface area contributed by atoms with Crippen molar-refractivity contribution in [2.45, 2.75) is 19.4 Å². The first kappa shape index (κ1) is 18.7. The molecule has 3 rings (SSSR count). The Labute approximate surface area is 166 Å². The van der Waals surface area contributed by atoms with E-state index in [0.29, 0.717) is 19.4 Å². The Morgan fingerprint density at radius 2 is 2.00 bits per heavy atom. The number of amides is 1. The minimum absolute atomic E-state index is 0.0344. The Hall–Kier alpha value is -2.11. The summed E-state index contributed by atoms with van der Waals surface area (Å²) in [5.41, 5.74) is 4.51. The quantitative estimate of drug-likeness (QED) is 0.543. The molecule has 1 N–H and O–H groups in total. The number of hydrogen-bond acceptors (Lipinski definition) is 3. The van der Waals surface area contributed by atoms with Gasteiger partial charge in [0.1, 0.15) is 5.75 Å². The van der Waals surface area contributed by atoms with E-state index in [1.807, 2.05) is 30.3 Å². The summed E-state index contributed by atoms with van der Waals surface area (Å²) in [4.78, 5) is 12.3. The van der Waals surface area contributed by atoms with Gasteiger partial charge in [-0.2, -0.15) is 11.3 Å². The van der Waals surface area contributed by atoms with Crippen LogP contribution in [-0.2, 0) is 17.8 Å². The number of ether oxygens (including phenoxy) is 1. The molecule has 3 nitrogen and oxygen atoms in total. The fourth-order valence-electron chi connectivity index (χ4n) is 2.85. The third-order valence-corrected chi connectivity index (χ3v) is 5.37. The van der Waals surface area contributed by atoms with Gasteiger partial charge in [0.2, 0.25) is 5.91 Å². The first-order valence-corrected chi connectivity index (χ1v) is 10.1. The van der Waals surface area contributed by atoms with Crippen LogP contribution in [0.1, 0.15) is 17.5 Å². The van der Waals surface area contributed by atoms with E-state index in [1.165, 1.54) is 11.1 Å². The number of benzene rings is 2. The minimum atomic E-state index is 0.0344. The Balaban J connectivity index is 1.60. The van der Waals surface area contributed by atoms with Crippen molar-refractivity contribution in [1.82, 2.24) is 5.32 Å². The van der Waals surface area contributed by atoms with Crippen molar-refractivity contribution in [3.05, 3.63) is 74.9 Å². The van der Waals surface area contributed by atoms with E-state index in [9.17, 15) is 4.79 Å². The second-order valence-corrected chi connectivity index (χ2v) is 7.60. The van der Waals surface area contributed by atoms with Crippen LogP contribution in [0.15, 0.2) is 63.8 Å². The lowest BCUT2D eigenvalue weighted by atomic mass is 10.0. The van der Waals surface area contributed by atoms with E-state index in [2.05, 4.69) is 50.2 Å². The Bertz CT molecular complexity index is 877. The third kappa shape index (κ3) is 4.74. The van der Waals surface area contributed by atoms with Gasteiger partial charge in [-0.05, 0) is 63.7 Å². The maximum absolute atomic E-state index is 12.3. The Morgan fingerprint density at radius 3 is 2.77 bits per heavy atom. The van der Waals surface area contributed by atoms with Crippen LogP contribution in [-0.4, -0.2) is 13.0 Å². The SMILES string of the molecule is COc1ccc(Br)cc1CCC(=O)NCc1ccccc1-c1ccsc1. The van der Waals surface area contributed by atoms with Gasteiger partial charge in [-0.15, -0.1) is 0 Å². The molecule has 0 spiro atoms. The van der Waals surface area contributed by atoms with Crippen molar-refractivity contribution < 1.29 is 9.53 Å². The normalized spacial score (nSPS) is 10.5. The minimum Gasteiger partial charge on any atom is -0.496 e. The van der Waals surface area contributed by atoms with Crippen molar-refractivity contribution >= 4 is 33.2 Å². The molecule has 0 aliphatic carbocycles. The summed E-state index contributed by atoms with van der Waals surface area (Å²) in [6.45, 7) is 0.528. The number of carbonyl (C=O) groups excluding carboxylic acids is 1. The number of thiophene rings is 1. The summed E-state index contributed by atoms with van der Waals surface area (Å²) >= 11 is 5.14. The Morgan fingerprint density at radius 1 is 1.15 bits per heavy atom. The molecule has 26 heavy (non-hydrogen) atoms. The molecule has 0 saturated heterocycles. The van der Waals surface area contributed by atoms with Crippen molar-refractivity contribution in [3.8, 4) is 16.9 Å². The molecular weight excluding hydrogens is 410 g/mol. The van der Waals surface area contributed by atoms with Gasteiger partial charge in [-0.3, -0.25) is 4.79 Å². The highest BCUT2D eigenvalue weighted by molar-refractivity contribution is 9.10. The summed E-state index contributed by atoms with van der Waals surface area (Å²) < 4.78 is 6.35. The van der Waals surface area contributed by atoms with Gasteiger partial charge >= 0.3 is 0 Å². The molecule has 0 aliphatic heterocycles.